The topological polar surface area (TPSA) is 42.0 Å². The van der Waals surface area contributed by atoms with Gasteiger partial charge in [-0.05, 0) is 26.2 Å². The number of aromatic nitrogens is 1. The van der Waals surface area contributed by atoms with Gasteiger partial charge in [-0.3, -0.25) is 4.79 Å². The summed E-state index contributed by atoms with van der Waals surface area (Å²) in [7, 11) is 0. The van der Waals surface area contributed by atoms with E-state index >= 15 is 0 Å². The van der Waals surface area contributed by atoms with Gasteiger partial charge in [0.05, 0.1) is 5.69 Å². The van der Waals surface area contributed by atoms with Gasteiger partial charge in [0, 0.05) is 10.8 Å². The maximum atomic E-state index is 12.0. The van der Waals surface area contributed by atoms with Crippen LogP contribution in [0.5, 0.6) is 0 Å². The minimum atomic E-state index is 0.168. The first-order valence-corrected chi connectivity index (χ1v) is 7.29. The highest BCUT2D eigenvalue weighted by atomic mass is 32.1. The molecule has 94 valence electrons. The monoisotopic (exact) mass is 252 g/mol. The molecular formula is C13H20N2OS. The number of rotatable bonds is 3. The number of thiazole rings is 1. The van der Waals surface area contributed by atoms with E-state index in [2.05, 4.69) is 24.1 Å². The average Bonchev–Trinajstić information content (AvgIpc) is 2.70. The molecule has 0 saturated heterocycles. The highest BCUT2D eigenvalue weighted by molar-refractivity contribution is 7.15. The minimum Gasteiger partial charge on any atom is -0.302 e. The molecule has 0 unspecified atom stereocenters. The lowest BCUT2D eigenvalue weighted by Crippen LogP contribution is -2.24. The fourth-order valence-electron chi connectivity index (χ4n) is 2.38. The summed E-state index contributed by atoms with van der Waals surface area (Å²) < 4.78 is 0. The zero-order valence-corrected chi connectivity index (χ0v) is 11.4. The Hall–Kier alpha value is -0.900. The largest absolute Gasteiger partial charge is 0.302 e. The van der Waals surface area contributed by atoms with Gasteiger partial charge in [0.2, 0.25) is 5.91 Å². The van der Waals surface area contributed by atoms with E-state index in [1.807, 2.05) is 0 Å². The number of aryl methyl sites for hydroxylation is 2. The first kappa shape index (κ1) is 12.6. The van der Waals surface area contributed by atoms with Gasteiger partial charge in [-0.2, -0.15) is 0 Å². The van der Waals surface area contributed by atoms with Crippen molar-refractivity contribution in [2.45, 2.75) is 52.4 Å². The van der Waals surface area contributed by atoms with Crippen molar-refractivity contribution in [2.75, 3.05) is 5.32 Å². The summed E-state index contributed by atoms with van der Waals surface area (Å²) >= 11 is 1.59. The lowest BCUT2D eigenvalue weighted by molar-refractivity contribution is -0.120. The average molecular weight is 252 g/mol. The molecule has 0 atom stereocenters. The number of carbonyl (C=O) groups is 1. The SMILES string of the molecule is CCc1nc(NC(=O)C2CCCCC2)sc1C. The van der Waals surface area contributed by atoms with Crippen LogP contribution in [0.15, 0.2) is 0 Å². The molecule has 0 aromatic carbocycles. The maximum absolute atomic E-state index is 12.0. The summed E-state index contributed by atoms with van der Waals surface area (Å²) in [5.41, 5.74) is 1.11. The van der Waals surface area contributed by atoms with Crippen molar-refractivity contribution in [2.24, 2.45) is 5.92 Å². The van der Waals surface area contributed by atoms with Crippen molar-refractivity contribution in [3.63, 3.8) is 0 Å². The smallest absolute Gasteiger partial charge is 0.229 e. The van der Waals surface area contributed by atoms with Crippen molar-refractivity contribution >= 4 is 22.4 Å². The quantitative estimate of drug-likeness (QED) is 0.894. The number of anilines is 1. The van der Waals surface area contributed by atoms with Crippen LogP contribution in [0, 0.1) is 12.8 Å². The van der Waals surface area contributed by atoms with E-state index in [1.54, 1.807) is 11.3 Å². The summed E-state index contributed by atoms with van der Waals surface area (Å²) in [6, 6.07) is 0. The van der Waals surface area contributed by atoms with Crippen LogP contribution in [-0.4, -0.2) is 10.9 Å². The van der Waals surface area contributed by atoms with Gasteiger partial charge in [-0.1, -0.05) is 26.2 Å². The summed E-state index contributed by atoms with van der Waals surface area (Å²) in [6.07, 6.45) is 6.67. The van der Waals surface area contributed by atoms with Gasteiger partial charge in [0.15, 0.2) is 5.13 Å². The van der Waals surface area contributed by atoms with E-state index in [4.69, 9.17) is 0 Å². The predicted molar refractivity (Wildman–Crippen MR) is 71.4 cm³/mol. The molecule has 0 radical (unpaired) electrons. The number of amides is 1. The van der Waals surface area contributed by atoms with Crippen LogP contribution in [0.2, 0.25) is 0 Å². The minimum absolute atomic E-state index is 0.168. The number of nitrogens with zero attached hydrogens (tertiary/aromatic N) is 1. The highest BCUT2D eigenvalue weighted by Gasteiger charge is 2.22. The third-order valence-corrected chi connectivity index (χ3v) is 4.36. The van der Waals surface area contributed by atoms with Crippen molar-refractivity contribution in [1.29, 1.82) is 0 Å². The fourth-order valence-corrected chi connectivity index (χ4v) is 3.29. The summed E-state index contributed by atoms with van der Waals surface area (Å²) in [5, 5.41) is 3.75. The van der Waals surface area contributed by atoms with Crippen LogP contribution in [-0.2, 0) is 11.2 Å². The summed E-state index contributed by atoms with van der Waals surface area (Å²) in [5.74, 6) is 0.374. The molecule has 1 saturated carbocycles. The Bertz CT molecular complexity index is 394. The molecular weight excluding hydrogens is 232 g/mol. The Balaban J connectivity index is 1.97. The molecule has 0 aliphatic heterocycles. The van der Waals surface area contributed by atoms with Crippen LogP contribution >= 0.6 is 11.3 Å². The second-order valence-corrected chi connectivity index (χ2v) is 5.90. The van der Waals surface area contributed by atoms with Gasteiger partial charge >= 0.3 is 0 Å². The van der Waals surface area contributed by atoms with Crippen LogP contribution in [0.1, 0.15) is 49.6 Å². The molecule has 1 aliphatic carbocycles. The fraction of sp³-hybridized carbons (Fsp3) is 0.692. The van der Waals surface area contributed by atoms with Crippen LogP contribution < -0.4 is 5.32 Å². The van der Waals surface area contributed by atoms with E-state index in [1.165, 1.54) is 24.1 Å². The van der Waals surface area contributed by atoms with E-state index in [0.29, 0.717) is 0 Å². The Morgan fingerprint density at radius 3 is 2.71 bits per heavy atom. The molecule has 3 nitrogen and oxygen atoms in total. The van der Waals surface area contributed by atoms with Gasteiger partial charge in [-0.15, -0.1) is 11.3 Å². The van der Waals surface area contributed by atoms with Gasteiger partial charge < -0.3 is 5.32 Å². The first-order chi connectivity index (χ1) is 8.20. The van der Waals surface area contributed by atoms with Gasteiger partial charge in [0.1, 0.15) is 0 Å². The number of carbonyl (C=O) groups excluding carboxylic acids is 1. The van der Waals surface area contributed by atoms with Crippen molar-refractivity contribution in [3.05, 3.63) is 10.6 Å². The maximum Gasteiger partial charge on any atom is 0.229 e. The Labute approximate surface area is 107 Å². The van der Waals surface area contributed by atoms with Crippen LogP contribution in [0.4, 0.5) is 5.13 Å². The first-order valence-electron chi connectivity index (χ1n) is 6.48. The molecule has 1 N–H and O–H groups in total. The summed E-state index contributed by atoms with van der Waals surface area (Å²) in [6.45, 7) is 4.15. The molecule has 1 aromatic heterocycles. The van der Waals surface area contributed by atoms with E-state index < -0.39 is 0 Å². The molecule has 2 rings (SSSR count). The van der Waals surface area contributed by atoms with E-state index in [9.17, 15) is 4.79 Å². The molecule has 1 heterocycles. The number of nitrogens with one attached hydrogen (secondary N) is 1. The lowest BCUT2D eigenvalue weighted by atomic mass is 9.89. The molecule has 1 fully saturated rings. The molecule has 1 aliphatic rings. The molecule has 0 spiro atoms. The molecule has 1 aromatic rings. The summed E-state index contributed by atoms with van der Waals surface area (Å²) in [4.78, 5) is 17.7. The Morgan fingerprint density at radius 1 is 1.41 bits per heavy atom. The lowest BCUT2D eigenvalue weighted by Gasteiger charge is -2.19. The number of hydrogen-bond acceptors (Lipinski definition) is 3. The Kier molecular flexibility index (Phi) is 4.15. The second-order valence-electron chi connectivity index (χ2n) is 4.70. The third-order valence-electron chi connectivity index (χ3n) is 3.43. The molecule has 17 heavy (non-hydrogen) atoms. The molecule has 1 amide bonds. The number of hydrogen-bond donors (Lipinski definition) is 1. The molecule has 0 bridgehead atoms. The van der Waals surface area contributed by atoms with Crippen molar-refractivity contribution < 1.29 is 4.79 Å². The standard InChI is InChI=1S/C13H20N2OS/c1-3-11-9(2)17-13(14-11)15-12(16)10-7-5-4-6-8-10/h10H,3-8H2,1-2H3,(H,14,15,16). The van der Waals surface area contributed by atoms with Gasteiger partial charge in [0.25, 0.3) is 0 Å². The predicted octanol–water partition coefficient (Wildman–Crippen LogP) is 3.53. The van der Waals surface area contributed by atoms with E-state index in [0.717, 1.165) is 30.1 Å². The highest BCUT2D eigenvalue weighted by Crippen LogP contribution is 2.27. The second kappa shape index (κ2) is 5.63. The zero-order valence-electron chi connectivity index (χ0n) is 10.6. The zero-order chi connectivity index (χ0) is 12.3. The molecule has 4 heteroatoms. The van der Waals surface area contributed by atoms with Gasteiger partial charge in [-0.25, -0.2) is 4.98 Å². The van der Waals surface area contributed by atoms with Crippen LogP contribution in [0.3, 0.4) is 0 Å². The third kappa shape index (κ3) is 3.06. The van der Waals surface area contributed by atoms with Crippen molar-refractivity contribution in [3.8, 4) is 0 Å². The van der Waals surface area contributed by atoms with Crippen molar-refractivity contribution in [1.82, 2.24) is 4.98 Å². The van der Waals surface area contributed by atoms with Crippen LogP contribution in [0.25, 0.3) is 0 Å². The Morgan fingerprint density at radius 2 is 2.12 bits per heavy atom. The normalized spacial score (nSPS) is 17.1. The van der Waals surface area contributed by atoms with E-state index in [-0.39, 0.29) is 11.8 Å².